The third-order valence-electron chi connectivity index (χ3n) is 4.43. The van der Waals surface area contributed by atoms with Crippen LogP contribution in [0.1, 0.15) is 13.2 Å². The van der Waals surface area contributed by atoms with Crippen molar-refractivity contribution in [2.75, 3.05) is 12.3 Å². The van der Waals surface area contributed by atoms with Crippen LogP contribution in [0.2, 0.25) is 0 Å². The first-order valence-electron chi connectivity index (χ1n) is 8.19. The van der Waals surface area contributed by atoms with Crippen LogP contribution in [0.3, 0.4) is 0 Å². The fraction of sp³-hybridized carbons (Fsp3) is 0.500. The van der Waals surface area contributed by atoms with Gasteiger partial charge in [0.05, 0.1) is 17.7 Å². The Morgan fingerprint density at radius 1 is 1.39 bits per heavy atom. The first-order chi connectivity index (χ1) is 14.1. The van der Waals surface area contributed by atoms with Gasteiger partial charge in [-0.1, -0.05) is 0 Å². The summed E-state index contributed by atoms with van der Waals surface area (Å²) in [4.78, 5) is 44.8. The number of nitrogen functional groups attached to an aromatic ring is 1. The molecule has 5 atom stereocenters. The lowest BCUT2D eigenvalue weighted by atomic mass is 9.96. The number of hydrogen-bond donors (Lipinski definition) is 6. The number of nitrogens with zero attached hydrogens (tertiary/aromatic N) is 4. The van der Waals surface area contributed by atoms with Crippen molar-refractivity contribution < 1.29 is 52.5 Å². The van der Waals surface area contributed by atoms with Gasteiger partial charge in [0.1, 0.15) is 35.3 Å². The normalized spacial score (nSPS) is 28.6. The molecule has 7 N–H and O–H groups in total. The predicted molar refractivity (Wildman–Crippen MR) is 98.0 cm³/mol. The van der Waals surface area contributed by atoms with Gasteiger partial charge in [0.25, 0.3) is 5.69 Å². The molecule has 0 radical (unpaired) electrons. The highest BCUT2D eigenvalue weighted by Gasteiger charge is 2.54. The highest BCUT2D eigenvalue weighted by molar-refractivity contribution is 7.60. The number of aromatic nitrogens is 3. The third kappa shape index (κ3) is 4.61. The molecule has 1 aliphatic rings. The Hall–Kier alpha value is -2.04. The minimum atomic E-state index is -5.37. The standard InChI is InChI=1S/C12H17N5O12P2/c1-12(19)8(18)6(3-27-31(25,26)29-30(22,23)24)28-11(12)16-2-5(17(20)21)7-9(13)14-4-15-10(7)16/h2,4,6,8,11,18-19H,3H2,1H3,(H,25,26)(H2,13,14,15)(H2,22,23,24)/t6?,8?,11-,12-/m1/s1. The number of ether oxygens (including phenoxy) is 1. The Balaban J connectivity index is 1.92. The van der Waals surface area contributed by atoms with Crippen LogP contribution in [0.4, 0.5) is 11.5 Å². The van der Waals surface area contributed by atoms with Crippen molar-refractivity contribution in [2.45, 2.75) is 31.0 Å². The lowest BCUT2D eigenvalue weighted by Crippen LogP contribution is -2.44. The zero-order valence-electron chi connectivity index (χ0n) is 15.4. The average molecular weight is 485 g/mol. The smallest absolute Gasteiger partial charge is 0.387 e. The molecular weight excluding hydrogens is 468 g/mol. The number of phosphoric acid groups is 2. The molecule has 3 rings (SSSR count). The molecule has 1 aliphatic heterocycles. The number of nitrogens with two attached hydrogens (primary N) is 1. The van der Waals surface area contributed by atoms with Crippen molar-refractivity contribution in [3.63, 3.8) is 0 Å². The molecule has 3 unspecified atom stereocenters. The van der Waals surface area contributed by atoms with Crippen molar-refractivity contribution in [2.24, 2.45) is 0 Å². The van der Waals surface area contributed by atoms with Crippen LogP contribution >= 0.6 is 15.6 Å². The number of hydrogen-bond acceptors (Lipinski definition) is 12. The maximum absolute atomic E-state index is 11.6. The quantitative estimate of drug-likeness (QED) is 0.158. The third-order valence-corrected chi connectivity index (χ3v) is 6.59. The average Bonchev–Trinajstić information content (AvgIpc) is 3.09. The highest BCUT2D eigenvalue weighted by atomic mass is 31.3. The largest absolute Gasteiger partial charge is 0.481 e. The molecule has 0 spiro atoms. The monoisotopic (exact) mass is 485 g/mol. The van der Waals surface area contributed by atoms with E-state index in [1.54, 1.807) is 0 Å². The number of nitro groups is 1. The molecule has 0 saturated carbocycles. The summed E-state index contributed by atoms with van der Waals surface area (Å²) in [5, 5.41) is 32.4. The summed E-state index contributed by atoms with van der Waals surface area (Å²) in [5.41, 5.74) is 2.96. The van der Waals surface area contributed by atoms with E-state index in [9.17, 15) is 34.4 Å². The Morgan fingerprint density at radius 3 is 2.61 bits per heavy atom. The minimum Gasteiger partial charge on any atom is -0.387 e. The molecule has 31 heavy (non-hydrogen) atoms. The molecule has 0 bridgehead atoms. The minimum absolute atomic E-state index is 0.101. The van der Waals surface area contributed by atoms with Gasteiger partial charge in [-0.15, -0.1) is 0 Å². The number of aliphatic hydroxyl groups is 2. The van der Waals surface area contributed by atoms with E-state index in [-0.39, 0.29) is 16.9 Å². The van der Waals surface area contributed by atoms with E-state index in [2.05, 4.69) is 18.8 Å². The first-order valence-corrected chi connectivity index (χ1v) is 11.2. The predicted octanol–water partition coefficient (Wildman–Crippen LogP) is -0.843. The van der Waals surface area contributed by atoms with E-state index in [1.165, 1.54) is 0 Å². The maximum Gasteiger partial charge on any atom is 0.481 e. The van der Waals surface area contributed by atoms with E-state index in [0.717, 1.165) is 24.0 Å². The molecule has 0 aromatic carbocycles. The van der Waals surface area contributed by atoms with E-state index >= 15 is 0 Å². The molecule has 2 aromatic heterocycles. The Bertz CT molecular complexity index is 1110. The number of phosphoric ester groups is 1. The van der Waals surface area contributed by atoms with E-state index in [4.69, 9.17) is 20.3 Å². The van der Waals surface area contributed by atoms with E-state index < -0.39 is 56.9 Å². The van der Waals surface area contributed by atoms with E-state index in [1.807, 2.05) is 0 Å². The fourth-order valence-electron chi connectivity index (χ4n) is 3.11. The zero-order chi connectivity index (χ0) is 23.4. The van der Waals surface area contributed by atoms with Crippen LogP contribution in [0.5, 0.6) is 0 Å². The molecule has 17 nitrogen and oxygen atoms in total. The Labute approximate surface area is 172 Å². The van der Waals surface area contributed by atoms with Crippen LogP contribution in [-0.2, 0) is 22.7 Å². The number of aliphatic hydroxyl groups excluding tert-OH is 1. The van der Waals surface area contributed by atoms with Crippen LogP contribution < -0.4 is 5.73 Å². The summed E-state index contributed by atoms with van der Waals surface area (Å²) < 4.78 is 36.9. The zero-order valence-corrected chi connectivity index (χ0v) is 17.2. The molecule has 172 valence electrons. The van der Waals surface area contributed by atoms with Gasteiger partial charge in [-0.05, 0) is 6.92 Å². The van der Waals surface area contributed by atoms with Gasteiger partial charge in [-0.2, -0.15) is 4.31 Å². The van der Waals surface area contributed by atoms with Crippen LogP contribution in [0, 0.1) is 10.1 Å². The summed E-state index contributed by atoms with van der Waals surface area (Å²) >= 11 is 0. The number of anilines is 1. The van der Waals surface area contributed by atoms with Crippen molar-refractivity contribution in [3.8, 4) is 0 Å². The van der Waals surface area contributed by atoms with Crippen molar-refractivity contribution >= 4 is 38.2 Å². The summed E-state index contributed by atoms with van der Waals surface area (Å²) in [6.45, 7) is 0.176. The summed E-state index contributed by atoms with van der Waals surface area (Å²) in [6.07, 6.45) is -2.83. The van der Waals surface area contributed by atoms with Crippen molar-refractivity contribution in [3.05, 3.63) is 22.6 Å². The Morgan fingerprint density at radius 2 is 2.03 bits per heavy atom. The van der Waals surface area contributed by atoms with Gasteiger partial charge < -0.3 is 35.4 Å². The highest BCUT2D eigenvalue weighted by Crippen LogP contribution is 2.58. The van der Waals surface area contributed by atoms with E-state index in [0.29, 0.717) is 0 Å². The second-order valence-electron chi connectivity index (χ2n) is 6.67. The molecule has 0 amide bonds. The fourth-order valence-corrected chi connectivity index (χ4v) is 4.71. The van der Waals surface area contributed by atoms with Gasteiger partial charge in [-0.3, -0.25) is 19.2 Å². The first kappa shape index (κ1) is 23.6. The van der Waals surface area contributed by atoms with Gasteiger partial charge in [0.15, 0.2) is 11.9 Å². The molecule has 1 fully saturated rings. The number of fused-ring (bicyclic) bond motifs is 1. The summed E-state index contributed by atoms with van der Waals surface area (Å²) in [7, 11) is -10.6. The second kappa shape index (κ2) is 7.83. The van der Waals surface area contributed by atoms with Crippen LogP contribution in [0.15, 0.2) is 12.5 Å². The summed E-state index contributed by atoms with van der Waals surface area (Å²) in [6, 6.07) is 0. The topological polar surface area (TPSA) is 263 Å². The molecule has 1 saturated heterocycles. The molecule has 2 aromatic rings. The molecule has 0 aliphatic carbocycles. The molecule has 3 heterocycles. The van der Waals surface area contributed by atoms with Gasteiger partial charge in [-0.25, -0.2) is 19.1 Å². The van der Waals surface area contributed by atoms with Crippen molar-refractivity contribution in [1.82, 2.24) is 14.5 Å². The molecular formula is C12H17N5O12P2. The Kier molecular flexibility index (Phi) is 5.96. The van der Waals surface area contributed by atoms with Gasteiger partial charge >= 0.3 is 15.6 Å². The van der Waals surface area contributed by atoms with Gasteiger partial charge in [0, 0.05) is 0 Å². The summed E-state index contributed by atoms with van der Waals surface area (Å²) in [5.74, 6) is -0.218. The second-order valence-corrected chi connectivity index (χ2v) is 9.50. The van der Waals surface area contributed by atoms with Crippen LogP contribution in [-0.4, -0.2) is 68.8 Å². The lowest BCUT2D eigenvalue weighted by Gasteiger charge is -2.27. The lowest BCUT2D eigenvalue weighted by molar-refractivity contribution is -0.383. The number of rotatable bonds is 7. The van der Waals surface area contributed by atoms with Crippen molar-refractivity contribution in [1.29, 1.82) is 0 Å². The molecule has 19 heteroatoms. The van der Waals surface area contributed by atoms with Gasteiger partial charge in [0.2, 0.25) is 0 Å². The van der Waals surface area contributed by atoms with Crippen LogP contribution in [0.25, 0.3) is 11.0 Å². The SMILES string of the molecule is C[C@@]1(O)C(O)C(COP(=O)(O)OP(=O)(O)O)O[C@H]1n1cc([N+](=O)[O-])c2c(N)ncnc21. The maximum atomic E-state index is 11.6.